The lowest BCUT2D eigenvalue weighted by molar-refractivity contribution is -0.119. The van der Waals surface area contributed by atoms with E-state index in [1.54, 1.807) is 20.8 Å². The summed E-state index contributed by atoms with van der Waals surface area (Å²) in [5.41, 5.74) is 3.04. The summed E-state index contributed by atoms with van der Waals surface area (Å²) < 4.78 is 30.3. The van der Waals surface area contributed by atoms with Gasteiger partial charge in [-0.25, -0.2) is 13.2 Å². The first kappa shape index (κ1) is 27.2. The van der Waals surface area contributed by atoms with Gasteiger partial charge in [-0.15, -0.1) is 0 Å². The summed E-state index contributed by atoms with van der Waals surface area (Å²) in [4.78, 5) is 32.5. The summed E-state index contributed by atoms with van der Waals surface area (Å²) in [7, 11) is -3.19. The number of benzene rings is 2. The molecule has 0 radical (unpaired) electrons. The first-order valence-electron chi connectivity index (χ1n) is 12.2. The van der Waals surface area contributed by atoms with Crippen molar-refractivity contribution in [2.24, 2.45) is 4.99 Å². The van der Waals surface area contributed by atoms with E-state index >= 15 is 0 Å². The molecular weight excluding hydrogens is 510 g/mol. The number of nitrogens with one attached hydrogen (secondary N) is 1. The third kappa shape index (κ3) is 6.54. The monoisotopic (exact) mass is 543 g/mol. The number of aryl methyl sites for hydroxylation is 1. The largest absolute Gasteiger partial charge is 0.444 e. The fourth-order valence-corrected chi connectivity index (χ4v) is 8.43. The van der Waals surface area contributed by atoms with Crippen molar-refractivity contribution < 1.29 is 22.7 Å². The Labute approximate surface area is 222 Å². The van der Waals surface area contributed by atoms with Crippen LogP contribution in [0.1, 0.15) is 37.5 Å². The highest BCUT2D eigenvalue weighted by Crippen LogP contribution is 2.42. The predicted octanol–water partition coefficient (Wildman–Crippen LogP) is 4.04. The van der Waals surface area contributed by atoms with Gasteiger partial charge in [-0.05, 0) is 57.4 Å². The van der Waals surface area contributed by atoms with Gasteiger partial charge < -0.3 is 15.0 Å². The molecule has 8 nitrogen and oxygen atoms in total. The van der Waals surface area contributed by atoms with Crippen LogP contribution in [0.25, 0.3) is 0 Å². The predicted molar refractivity (Wildman–Crippen MR) is 148 cm³/mol. The second-order valence-electron chi connectivity index (χ2n) is 10.5. The van der Waals surface area contributed by atoms with Gasteiger partial charge in [0.15, 0.2) is 15.0 Å². The van der Waals surface area contributed by atoms with Crippen molar-refractivity contribution in [3.05, 3.63) is 65.2 Å². The van der Waals surface area contributed by atoms with Crippen LogP contribution in [0.4, 0.5) is 10.5 Å². The van der Waals surface area contributed by atoms with E-state index in [2.05, 4.69) is 10.3 Å². The van der Waals surface area contributed by atoms with Crippen molar-refractivity contribution in [2.75, 3.05) is 16.4 Å². The summed E-state index contributed by atoms with van der Waals surface area (Å²) in [6, 6.07) is 14.0. The highest BCUT2D eigenvalue weighted by molar-refractivity contribution is 8.16. The number of amides is 2. The maximum atomic E-state index is 13.6. The molecule has 2 amide bonds. The standard InChI is InChI=1S/C27H33N3O5S2/c1-17-10-9-13-21(18(17)2)30-22-15-37(33,34)16-23(22)36-25(30)29-24(31)20(14-19-11-7-6-8-12-19)28-26(32)35-27(3,4)5/h6-13,20,22-23H,14-16H2,1-5H3,(H,28,32)/t20-,22+,23+/m1/s1. The maximum Gasteiger partial charge on any atom is 0.408 e. The van der Waals surface area contributed by atoms with Crippen molar-refractivity contribution in [2.45, 2.75) is 64.0 Å². The molecular formula is C27H33N3O5S2. The van der Waals surface area contributed by atoms with E-state index in [1.165, 1.54) is 11.8 Å². The molecule has 0 saturated carbocycles. The number of sulfone groups is 1. The molecule has 198 valence electrons. The van der Waals surface area contributed by atoms with Crippen molar-refractivity contribution in [3.8, 4) is 0 Å². The molecule has 3 atom stereocenters. The lowest BCUT2D eigenvalue weighted by Gasteiger charge is -2.27. The minimum atomic E-state index is -3.19. The van der Waals surface area contributed by atoms with Crippen LogP contribution in [-0.2, 0) is 25.8 Å². The SMILES string of the molecule is Cc1cccc(N2C(=NC(=O)[C@@H](Cc3ccccc3)NC(=O)OC(C)(C)C)S[C@H]3CS(=O)(=O)C[C@@H]32)c1C. The normalized spacial score (nSPS) is 22.5. The number of ether oxygens (including phenoxy) is 1. The molecule has 2 saturated heterocycles. The number of aliphatic imine (C=N–C) groups is 1. The molecule has 10 heteroatoms. The molecule has 0 aromatic heterocycles. The molecule has 1 N–H and O–H groups in total. The number of fused-ring (bicyclic) bond motifs is 1. The van der Waals surface area contributed by atoms with Gasteiger partial charge >= 0.3 is 6.09 Å². The fourth-order valence-electron chi connectivity index (χ4n) is 4.51. The number of carbonyl (C=O) groups excluding carboxylic acids is 2. The zero-order valence-electron chi connectivity index (χ0n) is 21.7. The number of rotatable bonds is 5. The Balaban J connectivity index is 1.68. The van der Waals surface area contributed by atoms with Crippen LogP contribution in [0.2, 0.25) is 0 Å². The van der Waals surface area contributed by atoms with Crippen LogP contribution in [0.5, 0.6) is 0 Å². The highest BCUT2D eigenvalue weighted by Gasteiger charge is 2.50. The molecule has 2 aliphatic heterocycles. The van der Waals surface area contributed by atoms with Crippen molar-refractivity contribution in [1.82, 2.24) is 5.32 Å². The number of anilines is 1. The smallest absolute Gasteiger partial charge is 0.408 e. The second-order valence-corrected chi connectivity index (χ2v) is 13.9. The third-order valence-electron chi connectivity index (χ3n) is 6.38. The Bertz CT molecular complexity index is 1320. The average Bonchev–Trinajstić information content (AvgIpc) is 3.25. The summed E-state index contributed by atoms with van der Waals surface area (Å²) >= 11 is 1.31. The molecule has 2 fully saturated rings. The van der Waals surface area contributed by atoms with Gasteiger partial charge in [0.2, 0.25) is 0 Å². The van der Waals surface area contributed by atoms with E-state index in [-0.39, 0.29) is 29.2 Å². The number of nitrogens with zero attached hydrogens (tertiary/aromatic N) is 2. The number of thioether (sulfide) groups is 1. The topological polar surface area (TPSA) is 105 Å². The highest BCUT2D eigenvalue weighted by atomic mass is 32.2. The Hall–Kier alpha value is -2.85. The molecule has 0 aliphatic carbocycles. The Morgan fingerprint density at radius 2 is 1.81 bits per heavy atom. The van der Waals surface area contributed by atoms with Crippen LogP contribution in [0.3, 0.4) is 0 Å². The molecule has 0 bridgehead atoms. The number of amidine groups is 1. The first-order valence-corrected chi connectivity index (χ1v) is 14.9. The van der Waals surface area contributed by atoms with E-state index in [0.29, 0.717) is 5.17 Å². The van der Waals surface area contributed by atoms with E-state index in [0.717, 1.165) is 22.4 Å². The molecule has 0 unspecified atom stereocenters. The first-order chi connectivity index (χ1) is 17.3. The van der Waals surface area contributed by atoms with Gasteiger partial charge in [0, 0.05) is 17.4 Å². The van der Waals surface area contributed by atoms with Gasteiger partial charge in [-0.3, -0.25) is 4.79 Å². The minimum Gasteiger partial charge on any atom is -0.444 e. The number of alkyl carbamates (subject to hydrolysis) is 1. The lowest BCUT2D eigenvalue weighted by Crippen LogP contribution is -2.45. The zero-order chi connectivity index (χ0) is 27.0. The van der Waals surface area contributed by atoms with Crippen molar-refractivity contribution in [3.63, 3.8) is 0 Å². The van der Waals surface area contributed by atoms with E-state index in [4.69, 9.17) is 4.74 Å². The number of carbonyl (C=O) groups is 2. The molecule has 2 aliphatic rings. The number of hydrogen-bond donors (Lipinski definition) is 1. The van der Waals surface area contributed by atoms with Gasteiger partial charge in [0.05, 0.1) is 17.5 Å². The van der Waals surface area contributed by atoms with Crippen molar-refractivity contribution in [1.29, 1.82) is 0 Å². The van der Waals surface area contributed by atoms with Crippen LogP contribution in [0, 0.1) is 13.8 Å². The zero-order valence-corrected chi connectivity index (χ0v) is 23.4. The molecule has 2 aromatic rings. The molecule has 4 rings (SSSR count). The van der Waals surface area contributed by atoms with Crippen molar-refractivity contribution >= 4 is 44.5 Å². The van der Waals surface area contributed by atoms with Crippen LogP contribution in [-0.4, -0.2) is 60.0 Å². The summed E-state index contributed by atoms with van der Waals surface area (Å²) in [5.74, 6) is -0.467. The summed E-state index contributed by atoms with van der Waals surface area (Å²) in [6.07, 6.45) is -0.458. The molecule has 0 spiro atoms. The van der Waals surface area contributed by atoms with Gasteiger partial charge in [0.25, 0.3) is 5.91 Å². The Kier molecular flexibility index (Phi) is 7.71. The van der Waals surface area contributed by atoms with Gasteiger partial charge in [-0.1, -0.05) is 54.2 Å². The maximum absolute atomic E-state index is 13.6. The molecule has 2 heterocycles. The summed E-state index contributed by atoms with van der Waals surface area (Å²) in [5, 5.41) is 2.92. The Morgan fingerprint density at radius 3 is 2.49 bits per heavy atom. The molecule has 37 heavy (non-hydrogen) atoms. The van der Waals surface area contributed by atoms with Gasteiger partial charge in [0.1, 0.15) is 11.6 Å². The quantitative estimate of drug-likeness (QED) is 0.607. The van der Waals surface area contributed by atoms with E-state index in [1.807, 2.05) is 67.3 Å². The second kappa shape index (κ2) is 10.5. The number of hydrogen-bond acceptors (Lipinski definition) is 6. The lowest BCUT2D eigenvalue weighted by atomic mass is 10.1. The average molecular weight is 544 g/mol. The van der Waals surface area contributed by atoms with Gasteiger partial charge in [-0.2, -0.15) is 4.99 Å². The minimum absolute atomic E-state index is 0.00879. The van der Waals surface area contributed by atoms with E-state index in [9.17, 15) is 18.0 Å². The van der Waals surface area contributed by atoms with Crippen LogP contribution in [0.15, 0.2) is 53.5 Å². The fraction of sp³-hybridized carbons (Fsp3) is 0.444. The molecule has 2 aromatic carbocycles. The van der Waals surface area contributed by atoms with Crippen LogP contribution >= 0.6 is 11.8 Å². The summed E-state index contributed by atoms with van der Waals surface area (Å²) in [6.45, 7) is 9.24. The third-order valence-corrected chi connectivity index (χ3v) is 9.59. The van der Waals surface area contributed by atoms with Crippen LogP contribution < -0.4 is 10.2 Å². The Morgan fingerprint density at radius 1 is 1.11 bits per heavy atom. The van der Waals surface area contributed by atoms with E-state index < -0.39 is 33.5 Å².